The monoisotopic (exact) mass is 161 g/mol. The van der Waals surface area contributed by atoms with Gasteiger partial charge in [0.25, 0.3) is 0 Å². The first-order valence-corrected chi connectivity index (χ1v) is 3.69. The highest BCUT2D eigenvalue weighted by atomic mass is 16.3. The van der Waals surface area contributed by atoms with Crippen LogP contribution in [-0.2, 0) is 0 Å². The third kappa shape index (κ3) is 0.925. The van der Waals surface area contributed by atoms with Crippen molar-refractivity contribution in [3.8, 4) is 0 Å². The largest absolute Gasteiger partial charge is 0.464 e. The Bertz CT molecular complexity index is 514. The van der Waals surface area contributed by atoms with Crippen molar-refractivity contribution in [1.82, 2.24) is 0 Å². The molecule has 0 saturated heterocycles. The van der Waals surface area contributed by atoms with E-state index in [0.29, 0.717) is 16.5 Å². The molecule has 0 fully saturated rings. The molecule has 0 bridgehead atoms. The van der Waals surface area contributed by atoms with Crippen LogP contribution >= 0.6 is 0 Å². The highest BCUT2D eigenvalue weighted by Gasteiger charge is 2.00. The van der Waals surface area contributed by atoms with E-state index in [1.165, 1.54) is 0 Å². The van der Waals surface area contributed by atoms with E-state index in [-0.39, 0.29) is 11.7 Å². The summed E-state index contributed by atoms with van der Waals surface area (Å²) < 4.78 is 12.5. The van der Waals surface area contributed by atoms with Crippen molar-refractivity contribution in [2.45, 2.75) is 6.92 Å². The van der Waals surface area contributed by atoms with E-state index < -0.39 is 0 Å². The smallest absolute Gasteiger partial charge is 0.195 e. The molecule has 0 unspecified atom stereocenters. The molecule has 2 aromatic rings. The minimum atomic E-state index is -0.119. The van der Waals surface area contributed by atoms with Gasteiger partial charge in [-0.25, -0.2) is 0 Å². The third-order valence-electron chi connectivity index (χ3n) is 1.79. The standard InChI is InChI=1S/C10H8O2/c1-7-6-12-9-5-3-2-4-8(9)10(7)11/h2-6H,1H3/i6D. The first-order chi connectivity index (χ1) is 6.20. The number of para-hydroxylation sites is 1. The van der Waals surface area contributed by atoms with Crippen LogP contribution in [0.15, 0.2) is 39.7 Å². The molecule has 0 aliphatic carbocycles. The molecule has 0 radical (unpaired) electrons. The molecule has 2 nitrogen and oxygen atoms in total. The van der Waals surface area contributed by atoms with Gasteiger partial charge < -0.3 is 4.42 Å². The lowest BCUT2D eigenvalue weighted by atomic mass is 10.2. The molecule has 1 heterocycles. The predicted octanol–water partition coefficient (Wildman–Crippen LogP) is 2.10. The molecule has 60 valence electrons. The van der Waals surface area contributed by atoms with Gasteiger partial charge in [-0.1, -0.05) is 12.1 Å². The summed E-state index contributed by atoms with van der Waals surface area (Å²) in [5.41, 5.74) is 0.716. The van der Waals surface area contributed by atoms with Gasteiger partial charge in [0.15, 0.2) is 5.43 Å². The van der Waals surface area contributed by atoms with Crippen molar-refractivity contribution in [2.24, 2.45) is 0 Å². The van der Waals surface area contributed by atoms with Crippen LogP contribution in [0.2, 0.25) is 0 Å². The van der Waals surface area contributed by atoms with Crippen molar-refractivity contribution in [2.75, 3.05) is 0 Å². The topological polar surface area (TPSA) is 30.2 Å². The van der Waals surface area contributed by atoms with Gasteiger partial charge in [0.2, 0.25) is 0 Å². The summed E-state index contributed by atoms with van der Waals surface area (Å²) in [4.78, 5) is 11.6. The second kappa shape index (κ2) is 2.48. The zero-order chi connectivity index (χ0) is 9.42. The Labute approximate surface area is 70.8 Å². The zero-order valence-corrected chi connectivity index (χ0v) is 6.63. The molecular formula is C10H8O2. The van der Waals surface area contributed by atoms with Crippen molar-refractivity contribution in [3.05, 3.63) is 46.3 Å². The van der Waals surface area contributed by atoms with Crippen LogP contribution in [0.1, 0.15) is 6.93 Å². The van der Waals surface area contributed by atoms with Crippen LogP contribution in [0, 0.1) is 6.92 Å². The fraction of sp³-hybridized carbons (Fsp3) is 0.100. The summed E-state index contributed by atoms with van der Waals surface area (Å²) in [6.45, 7) is 1.60. The predicted molar refractivity (Wildman–Crippen MR) is 47.2 cm³/mol. The molecule has 0 amide bonds. The maximum atomic E-state index is 11.6. The van der Waals surface area contributed by atoms with E-state index in [1.807, 2.05) is 0 Å². The fourth-order valence-corrected chi connectivity index (χ4v) is 1.12. The van der Waals surface area contributed by atoms with E-state index in [0.717, 1.165) is 0 Å². The van der Waals surface area contributed by atoms with Gasteiger partial charge in [-0.2, -0.15) is 0 Å². The van der Waals surface area contributed by atoms with Crippen molar-refractivity contribution < 1.29 is 5.79 Å². The molecule has 1 aromatic carbocycles. The molecule has 0 spiro atoms. The minimum Gasteiger partial charge on any atom is -0.464 e. The van der Waals surface area contributed by atoms with Crippen LogP contribution in [-0.4, -0.2) is 0 Å². The molecule has 0 atom stereocenters. The van der Waals surface area contributed by atoms with Gasteiger partial charge in [0.05, 0.1) is 11.6 Å². The quantitative estimate of drug-likeness (QED) is 0.592. The van der Waals surface area contributed by atoms with Crippen molar-refractivity contribution in [3.63, 3.8) is 0 Å². The van der Waals surface area contributed by atoms with Gasteiger partial charge in [0, 0.05) is 5.56 Å². The lowest BCUT2D eigenvalue weighted by Crippen LogP contribution is -2.03. The Morgan fingerprint density at radius 1 is 1.42 bits per heavy atom. The minimum absolute atomic E-state index is 0.0521. The second-order valence-corrected chi connectivity index (χ2v) is 2.65. The van der Waals surface area contributed by atoms with Crippen molar-refractivity contribution in [1.29, 1.82) is 0 Å². The molecule has 1 aromatic heterocycles. The van der Waals surface area contributed by atoms with E-state index >= 15 is 0 Å². The van der Waals surface area contributed by atoms with Crippen LogP contribution < -0.4 is 5.43 Å². The molecule has 2 heteroatoms. The Hall–Kier alpha value is -1.57. The maximum Gasteiger partial charge on any atom is 0.195 e. The lowest BCUT2D eigenvalue weighted by Gasteiger charge is -1.95. The molecule has 12 heavy (non-hydrogen) atoms. The maximum absolute atomic E-state index is 11.6. The summed E-state index contributed by atoms with van der Waals surface area (Å²) in [5, 5.41) is 0.538. The number of hydrogen-bond donors (Lipinski definition) is 0. The summed E-state index contributed by atoms with van der Waals surface area (Å²) in [6, 6.07) is 6.95. The molecule has 0 aliphatic heterocycles. The summed E-state index contributed by atoms with van der Waals surface area (Å²) in [7, 11) is 0. The van der Waals surface area contributed by atoms with Crippen LogP contribution in [0.5, 0.6) is 0 Å². The molecule has 2 rings (SSSR count). The number of hydrogen-bond acceptors (Lipinski definition) is 2. The normalized spacial score (nSPS) is 11.6. The average molecular weight is 161 g/mol. The molecule has 0 aliphatic rings. The fourth-order valence-electron chi connectivity index (χ4n) is 1.12. The number of rotatable bonds is 0. The molecule has 0 N–H and O–H groups in total. The van der Waals surface area contributed by atoms with E-state index in [4.69, 9.17) is 5.79 Å². The molecule has 0 saturated carbocycles. The highest BCUT2D eigenvalue weighted by Crippen LogP contribution is 2.09. The van der Waals surface area contributed by atoms with E-state index in [1.54, 1.807) is 31.2 Å². The Balaban J connectivity index is 3.03. The zero-order valence-electron chi connectivity index (χ0n) is 7.63. The van der Waals surface area contributed by atoms with Gasteiger partial charge in [0.1, 0.15) is 6.95 Å². The average Bonchev–Trinajstić information content (AvgIpc) is 2.15. The van der Waals surface area contributed by atoms with Gasteiger partial charge in [-0.15, -0.1) is 0 Å². The Kier molecular flexibility index (Phi) is 1.24. The Morgan fingerprint density at radius 2 is 2.17 bits per heavy atom. The van der Waals surface area contributed by atoms with Gasteiger partial charge in [-0.05, 0) is 19.1 Å². The first-order valence-electron chi connectivity index (χ1n) is 4.19. The van der Waals surface area contributed by atoms with E-state index in [9.17, 15) is 4.79 Å². The van der Waals surface area contributed by atoms with Crippen LogP contribution in [0.25, 0.3) is 11.0 Å². The van der Waals surface area contributed by atoms with Gasteiger partial charge in [-0.3, -0.25) is 4.79 Å². The SMILES string of the molecule is [2H]c1oc2ccccc2c(=O)c1C. The third-order valence-corrected chi connectivity index (χ3v) is 1.79. The lowest BCUT2D eigenvalue weighted by molar-refractivity contribution is 0.597. The van der Waals surface area contributed by atoms with Crippen LogP contribution in [0.3, 0.4) is 0 Å². The Morgan fingerprint density at radius 3 is 3.00 bits per heavy atom. The summed E-state index contributed by atoms with van der Waals surface area (Å²) >= 11 is 0. The second-order valence-electron chi connectivity index (χ2n) is 2.65. The van der Waals surface area contributed by atoms with E-state index in [2.05, 4.69) is 0 Å². The highest BCUT2D eigenvalue weighted by molar-refractivity contribution is 5.76. The van der Waals surface area contributed by atoms with Gasteiger partial charge >= 0.3 is 0 Å². The van der Waals surface area contributed by atoms with Crippen molar-refractivity contribution >= 4 is 11.0 Å². The number of fused-ring (bicyclic) bond motifs is 1. The summed E-state index contributed by atoms with van der Waals surface area (Å²) in [5.74, 6) is 0. The number of benzene rings is 1. The first kappa shape index (κ1) is 6.00. The summed E-state index contributed by atoms with van der Waals surface area (Å²) in [6.07, 6.45) is -0.0521. The molecular weight excluding hydrogens is 152 g/mol. The van der Waals surface area contributed by atoms with Crippen LogP contribution in [0.4, 0.5) is 0 Å².